The maximum absolute atomic E-state index is 5.93. The minimum Gasteiger partial charge on any atom is -0.437 e. The van der Waals surface area contributed by atoms with E-state index >= 15 is 0 Å². The van der Waals surface area contributed by atoms with Gasteiger partial charge in [-0.05, 0) is 46.2 Å². The summed E-state index contributed by atoms with van der Waals surface area (Å²) in [7, 11) is 1.80. The van der Waals surface area contributed by atoms with Crippen molar-refractivity contribution >= 4 is 50.1 Å². The number of thiophene rings is 1. The molecule has 0 aliphatic carbocycles. The predicted molar refractivity (Wildman–Crippen MR) is 86.2 cm³/mol. The Bertz CT molecular complexity index is 729. The number of halogens is 1. The molecule has 0 radical (unpaired) electrons. The van der Waals surface area contributed by atoms with Crippen molar-refractivity contribution in [3.8, 4) is 11.6 Å². The van der Waals surface area contributed by atoms with Crippen molar-refractivity contribution in [3.05, 3.63) is 39.3 Å². The Kier molecular flexibility index (Phi) is 3.52. The number of hydrogen-bond acceptors (Lipinski definition) is 5. The number of nitrogens with zero attached hydrogens (tertiary/aromatic N) is 2. The summed E-state index contributed by atoms with van der Waals surface area (Å²) in [6.45, 7) is 0. The van der Waals surface area contributed by atoms with Crippen LogP contribution in [-0.4, -0.2) is 17.0 Å². The van der Waals surface area contributed by atoms with E-state index in [2.05, 4.69) is 37.9 Å². The van der Waals surface area contributed by atoms with Crippen LogP contribution in [0.25, 0.3) is 10.2 Å². The van der Waals surface area contributed by atoms with Crippen molar-refractivity contribution in [1.29, 1.82) is 0 Å². The standard InChI is InChI=1S/C13H10IN3OS/c1-15-13-16-11(8-6-7-19-12(8)17-13)18-10-5-3-2-4-9(10)14/h2-7H,1H3,(H,15,16,17). The van der Waals surface area contributed by atoms with Crippen molar-refractivity contribution in [3.63, 3.8) is 0 Å². The summed E-state index contributed by atoms with van der Waals surface area (Å²) in [6.07, 6.45) is 0. The first-order valence-electron chi connectivity index (χ1n) is 5.63. The Morgan fingerprint density at radius 1 is 1.21 bits per heavy atom. The maximum atomic E-state index is 5.93. The molecule has 0 aliphatic heterocycles. The summed E-state index contributed by atoms with van der Waals surface area (Å²) >= 11 is 3.82. The molecule has 3 rings (SSSR count). The number of ether oxygens (including phenoxy) is 1. The number of hydrogen-bond donors (Lipinski definition) is 1. The van der Waals surface area contributed by atoms with Crippen LogP contribution in [0.4, 0.5) is 5.95 Å². The highest BCUT2D eigenvalue weighted by atomic mass is 127. The van der Waals surface area contributed by atoms with Gasteiger partial charge in [0.15, 0.2) is 0 Å². The van der Waals surface area contributed by atoms with Gasteiger partial charge >= 0.3 is 0 Å². The number of aromatic nitrogens is 2. The first kappa shape index (κ1) is 12.6. The molecule has 4 nitrogen and oxygen atoms in total. The lowest BCUT2D eigenvalue weighted by Crippen LogP contribution is -1.98. The Morgan fingerprint density at radius 2 is 2.05 bits per heavy atom. The molecule has 0 amide bonds. The van der Waals surface area contributed by atoms with E-state index in [1.807, 2.05) is 35.7 Å². The van der Waals surface area contributed by atoms with Crippen LogP contribution in [0.3, 0.4) is 0 Å². The normalized spacial score (nSPS) is 10.6. The molecule has 1 N–H and O–H groups in total. The molecule has 3 aromatic rings. The van der Waals surface area contributed by atoms with Crippen LogP contribution >= 0.6 is 33.9 Å². The molecule has 2 aromatic heterocycles. The minimum absolute atomic E-state index is 0.566. The molecule has 0 atom stereocenters. The van der Waals surface area contributed by atoms with E-state index < -0.39 is 0 Å². The van der Waals surface area contributed by atoms with E-state index in [1.165, 1.54) is 0 Å². The van der Waals surface area contributed by atoms with E-state index in [-0.39, 0.29) is 0 Å². The zero-order chi connectivity index (χ0) is 13.2. The summed E-state index contributed by atoms with van der Waals surface area (Å²) in [5.41, 5.74) is 0. The summed E-state index contributed by atoms with van der Waals surface area (Å²) in [4.78, 5) is 9.70. The lowest BCUT2D eigenvalue weighted by molar-refractivity contribution is 0.466. The molecular weight excluding hydrogens is 373 g/mol. The van der Waals surface area contributed by atoms with Gasteiger partial charge in [0, 0.05) is 7.05 Å². The number of rotatable bonds is 3. The second-order valence-electron chi connectivity index (χ2n) is 3.77. The van der Waals surface area contributed by atoms with Gasteiger partial charge in [-0.2, -0.15) is 4.98 Å². The van der Waals surface area contributed by atoms with Crippen molar-refractivity contribution in [2.45, 2.75) is 0 Å². The predicted octanol–water partition coefficient (Wildman–Crippen LogP) is 4.13. The fraction of sp³-hybridized carbons (Fsp3) is 0.0769. The summed E-state index contributed by atoms with van der Waals surface area (Å²) in [5, 5.41) is 5.87. The Labute approximate surface area is 128 Å². The molecule has 2 heterocycles. The van der Waals surface area contributed by atoms with Crippen LogP contribution in [0, 0.1) is 3.57 Å². The third-order valence-corrected chi connectivity index (χ3v) is 4.25. The lowest BCUT2D eigenvalue weighted by Gasteiger charge is -2.08. The highest BCUT2D eigenvalue weighted by Crippen LogP contribution is 2.32. The van der Waals surface area contributed by atoms with E-state index in [1.54, 1.807) is 18.4 Å². The van der Waals surface area contributed by atoms with Gasteiger partial charge in [-0.15, -0.1) is 11.3 Å². The highest BCUT2D eigenvalue weighted by molar-refractivity contribution is 14.1. The first-order chi connectivity index (χ1) is 9.28. The SMILES string of the molecule is CNc1nc(Oc2ccccc2I)c2ccsc2n1. The van der Waals surface area contributed by atoms with Gasteiger partial charge in [0.05, 0.1) is 8.96 Å². The molecule has 0 aliphatic rings. The quantitative estimate of drug-likeness (QED) is 0.691. The molecule has 0 spiro atoms. The van der Waals surface area contributed by atoms with E-state index in [0.717, 1.165) is 19.5 Å². The van der Waals surface area contributed by atoms with Gasteiger partial charge in [-0.3, -0.25) is 0 Å². The molecule has 96 valence electrons. The molecule has 0 saturated heterocycles. The molecule has 0 saturated carbocycles. The summed E-state index contributed by atoms with van der Waals surface area (Å²) in [5.74, 6) is 1.95. The average Bonchev–Trinajstić information content (AvgIpc) is 2.89. The van der Waals surface area contributed by atoms with Crippen LogP contribution in [0.1, 0.15) is 0 Å². The second kappa shape index (κ2) is 5.30. The molecule has 19 heavy (non-hydrogen) atoms. The third kappa shape index (κ3) is 2.50. The molecule has 0 unspecified atom stereocenters. The molecule has 6 heteroatoms. The Hall–Kier alpha value is -1.41. The number of para-hydroxylation sites is 1. The van der Waals surface area contributed by atoms with Crippen molar-refractivity contribution in [2.24, 2.45) is 0 Å². The Morgan fingerprint density at radius 3 is 2.84 bits per heavy atom. The summed E-state index contributed by atoms with van der Waals surface area (Å²) < 4.78 is 6.98. The van der Waals surface area contributed by atoms with Crippen molar-refractivity contribution in [2.75, 3.05) is 12.4 Å². The van der Waals surface area contributed by atoms with Crippen molar-refractivity contribution < 1.29 is 4.74 Å². The average molecular weight is 383 g/mol. The molecule has 0 fully saturated rings. The van der Waals surface area contributed by atoms with E-state index in [0.29, 0.717) is 11.8 Å². The van der Waals surface area contributed by atoms with Gasteiger partial charge in [-0.25, -0.2) is 4.98 Å². The zero-order valence-electron chi connectivity index (χ0n) is 10.1. The first-order valence-corrected chi connectivity index (χ1v) is 7.59. The van der Waals surface area contributed by atoms with Crippen LogP contribution in [0.15, 0.2) is 35.7 Å². The fourth-order valence-corrected chi connectivity index (χ4v) is 2.90. The number of nitrogens with one attached hydrogen (secondary N) is 1. The number of benzene rings is 1. The highest BCUT2D eigenvalue weighted by Gasteiger charge is 2.11. The summed E-state index contributed by atoms with van der Waals surface area (Å²) in [6, 6.07) is 9.84. The van der Waals surface area contributed by atoms with Gasteiger partial charge < -0.3 is 10.1 Å². The van der Waals surface area contributed by atoms with Crippen LogP contribution < -0.4 is 10.1 Å². The maximum Gasteiger partial charge on any atom is 0.232 e. The van der Waals surface area contributed by atoms with E-state index in [9.17, 15) is 0 Å². The van der Waals surface area contributed by atoms with Gasteiger partial charge in [-0.1, -0.05) is 12.1 Å². The fourth-order valence-electron chi connectivity index (χ4n) is 1.65. The van der Waals surface area contributed by atoms with Crippen molar-refractivity contribution in [1.82, 2.24) is 9.97 Å². The number of fused-ring (bicyclic) bond motifs is 1. The van der Waals surface area contributed by atoms with E-state index in [4.69, 9.17) is 4.74 Å². The topological polar surface area (TPSA) is 47.0 Å². The van der Waals surface area contributed by atoms with Crippen LogP contribution in [0.2, 0.25) is 0 Å². The molecule has 1 aromatic carbocycles. The minimum atomic E-state index is 0.566. The van der Waals surface area contributed by atoms with Gasteiger partial charge in [0.2, 0.25) is 11.8 Å². The van der Waals surface area contributed by atoms with Crippen LogP contribution in [-0.2, 0) is 0 Å². The van der Waals surface area contributed by atoms with Crippen LogP contribution in [0.5, 0.6) is 11.6 Å². The van der Waals surface area contributed by atoms with Gasteiger partial charge in [0.25, 0.3) is 0 Å². The van der Waals surface area contributed by atoms with Gasteiger partial charge in [0.1, 0.15) is 10.6 Å². The second-order valence-corrected chi connectivity index (χ2v) is 5.83. The third-order valence-electron chi connectivity index (χ3n) is 2.56. The zero-order valence-corrected chi connectivity index (χ0v) is 13.0. The monoisotopic (exact) mass is 383 g/mol. The Balaban J connectivity index is 2.09. The lowest BCUT2D eigenvalue weighted by atomic mass is 10.3. The largest absolute Gasteiger partial charge is 0.437 e. The smallest absolute Gasteiger partial charge is 0.232 e. The number of anilines is 1. The molecule has 0 bridgehead atoms. The molecular formula is C13H10IN3OS.